The van der Waals surface area contributed by atoms with Crippen LogP contribution in [0.4, 0.5) is 0 Å². The van der Waals surface area contributed by atoms with Crippen LogP contribution in [0.2, 0.25) is 0 Å². The maximum absolute atomic E-state index is 5.95. The van der Waals surface area contributed by atoms with Crippen LogP contribution in [0.3, 0.4) is 0 Å². The van der Waals surface area contributed by atoms with E-state index < -0.39 is 0 Å². The number of aryl methyl sites for hydroxylation is 1. The molecular formula is C16H11Br2NO. The van der Waals surface area contributed by atoms with Gasteiger partial charge in [-0.3, -0.25) is 0 Å². The standard InChI is InChI=1S/C16H11Br2NO/c1-10-5-6-15(14(18)9-10)20-16-12-3-2-4-13(17)11(12)7-8-19-16/h2-9H,1H3. The molecule has 0 unspecified atom stereocenters. The van der Waals surface area contributed by atoms with E-state index in [-0.39, 0.29) is 0 Å². The molecule has 0 aliphatic rings. The highest BCUT2D eigenvalue weighted by molar-refractivity contribution is 9.11. The summed E-state index contributed by atoms with van der Waals surface area (Å²) in [5.41, 5.74) is 1.18. The number of hydrogen-bond acceptors (Lipinski definition) is 2. The van der Waals surface area contributed by atoms with Crippen molar-refractivity contribution in [2.45, 2.75) is 6.92 Å². The number of fused-ring (bicyclic) bond motifs is 1. The summed E-state index contributed by atoms with van der Waals surface area (Å²) in [7, 11) is 0. The Labute approximate surface area is 134 Å². The van der Waals surface area contributed by atoms with Crippen molar-refractivity contribution >= 4 is 42.6 Å². The minimum Gasteiger partial charge on any atom is -0.437 e. The Morgan fingerprint density at radius 3 is 2.60 bits per heavy atom. The van der Waals surface area contributed by atoms with Crippen molar-refractivity contribution in [3.05, 3.63) is 63.2 Å². The van der Waals surface area contributed by atoms with Crippen LogP contribution in [0.1, 0.15) is 5.56 Å². The van der Waals surface area contributed by atoms with Gasteiger partial charge in [0.1, 0.15) is 5.75 Å². The molecule has 0 saturated carbocycles. The van der Waals surface area contributed by atoms with Gasteiger partial charge in [-0.05, 0) is 58.7 Å². The summed E-state index contributed by atoms with van der Waals surface area (Å²) in [6.45, 7) is 2.04. The highest BCUT2D eigenvalue weighted by Gasteiger charge is 2.09. The van der Waals surface area contributed by atoms with E-state index in [2.05, 4.69) is 36.8 Å². The average molecular weight is 393 g/mol. The first-order chi connectivity index (χ1) is 9.65. The van der Waals surface area contributed by atoms with Crippen LogP contribution in [0, 0.1) is 6.92 Å². The van der Waals surface area contributed by atoms with E-state index in [1.54, 1.807) is 6.20 Å². The van der Waals surface area contributed by atoms with Crippen LogP contribution in [-0.2, 0) is 0 Å². The van der Waals surface area contributed by atoms with Crippen molar-refractivity contribution in [3.8, 4) is 11.6 Å². The van der Waals surface area contributed by atoms with Crippen LogP contribution >= 0.6 is 31.9 Å². The Bertz CT molecular complexity index is 787. The first-order valence-corrected chi connectivity index (χ1v) is 7.71. The Hall–Kier alpha value is -1.39. The lowest BCUT2D eigenvalue weighted by atomic mass is 10.2. The first-order valence-electron chi connectivity index (χ1n) is 6.12. The van der Waals surface area contributed by atoms with Crippen LogP contribution in [0.5, 0.6) is 11.6 Å². The van der Waals surface area contributed by atoms with Crippen molar-refractivity contribution < 1.29 is 4.74 Å². The summed E-state index contributed by atoms with van der Waals surface area (Å²) in [5.74, 6) is 1.36. The second-order valence-corrected chi connectivity index (χ2v) is 6.20. The second kappa shape index (κ2) is 5.54. The van der Waals surface area contributed by atoms with E-state index in [4.69, 9.17) is 4.74 Å². The largest absolute Gasteiger partial charge is 0.437 e. The van der Waals surface area contributed by atoms with Gasteiger partial charge < -0.3 is 4.74 Å². The van der Waals surface area contributed by atoms with Gasteiger partial charge in [-0.25, -0.2) is 4.98 Å². The molecule has 4 heteroatoms. The van der Waals surface area contributed by atoms with E-state index in [1.807, 2.05) is 49.4 Å². The van der Waals surface area contributed by atoms with E-state index >= 15 is 0 Å². The molecule has 2 aromatic carbocycles. The van der Waals surface area contributed by atoms with E-state index in [0.29, 0.717) is 5.88 Å². The molecular weight excluding hydrogens is 382 g/mol. The molecule has 0 amide bonds. The van der Waals surface area contributed by atoms with Gasteiger partial charge in [-0.15, -0.1) is 0 Å². The lowest BCUT2D eigenvalue weighted by molar-refractivity contribution is 0.466. The maximum Gasteiger partial charge on any atom is 0.227 e. The van der Waals surface area contributed by atoms with E-state index in [0.717, 1.165) is 25.5 Å². The molecule has 3 aromatic rings. The monoisotopic (exact) mass is 391 g/mol. The fraction of sp³-hybridized carbons (Fsp3) is 0.0625. The first kappa shape index (κ1) is 13.6. The Kier molecular flexibility index (Phi) is 3.76. The zero-order valence-corrected chi connectivity index (χ0v) is 13.9. The number of halogens is 2. The van der Waals surface area contributed by atoms with Crippen molar-refractivity contribution in [2.75, 3.05) is 0 Å². The molecule has 100 valence electrons. The topological polar surface area (TPSA) is 22.1 Å². The smallest absolute Gasteiger partial charge is 0.227 e. The lowest BCUT2D eigenvalue weighted by Crippen LogP contribution is -1.91. The Balaban J connectivity index is 2.09. The third-order valence-electron chi connectivity index (χ3n) is 3.01. The van der Waals surface area contributed by atoms with Crippen LogP contribution in [-0.4, -0.2) is 4.98 Å². The molecule has 0 atom stereocenters. The quantitative estimate of drug-likeness (QED) is 0.544. The number of pyridine rings is 1. The number of rotatable bonds is 2. The summed E-state index contributed by atoms with van der Waals surface area (Å²) in [4.78, 5) is 4.34. The molecule has 0 saturated heterocycles. The van der Waals surface area contributed by atoms with E-state index in [1.165, 1.54) is 5.56 Å². The average Bonchev–Trinajstić information content (AvgIpc) is 2.43. The molecule has 0 aliphatic carbocycles. The maximum atomic E-state index is 5.95. The minimum absolute atomic E-state index is 0.605. The van der Waals surface area contributed by atoms with Crippen molar-refractivity contribution in [1.82, 2.24) is 4.98 Å². The minimum atomic E-state index is 0.605. The van der Waals surface area contributed by atoms with Gasteiger partial charge in [-0.2, -0.15) is 0 Å². The number of benzene rings is 2. The lowest BCUT2D eigenvalue weighted by Gasteiger charge is -2.10. The highest BCUT2D eigenvalue weighted by atomic mass is 79.9. The molecule has 0 N–H and O–H groups in total. The van der Waals surface area contributed by atoms with Crippen molar-refractivity contribution in [2.24, 2.45) is 0 Å². The highest BCUT2D eigenvalue weighted by Crippen LogP contribution is 2.34. The van der Waals surface area contributed by atoms with Gasteiger partial charge in [0.25, 0.3) is 0 Å². The third-order valence-corrected chi connectivity index (χ3v) is 4.32. The van der Waals surface area contributed by atoms with E-state index in [9.17, 15) is 0 Å². The molecule has 3 rings (SSSR count). The van der Waals surface area contributed by atoms with Crippen LogP contribution in [0.15, 0.2) is 57.6 Å². The van der Waals surface area contributed by atoms with Crippen molar-refractivity contribution in [1.29, 1.82) is 0 Å². The molecule has 0 fully saturated rings. The molecule has 20 heavy (non-hydrogen) atoms. The Morgan fingerprint density at radius 1 is 0.950 bits per heavy atom. The van der Waals surface area contributed by atoms with Gasteiger partial charge in [0.2, 0.25) is 5.88 Å². The zero-order chi connectivity index (χ0) is 14.1. The fourth-order valence-corrected chi connectivity index (χ4v) is 3.09. The van der Waals surface area contributed by atoms with Crippen molar-refractivity contribution in [3.63, 3.8) is 0 Å². The van der Waals surface area contributed by atoms with Gasteiger partial charge in [-0.1, -0.05) is 28.1 Å². The predicted octanol–water partition coefficient (Wildman–Crippen LogP) is 5.86. The molecule has 1 heterocycles. The number of aromatic nitrogens is 1. The Morgan fingerprint density at radius 2 is 1.80 bits per heavy atom. The van der Waals surface area contributed by atoms with Gasteiger partial charge in [0.05, 0.1) is 4.47 Å². The summed E-state index contributed by atoms with van der Waals surface area (Å²) in [6, 6.07) is 13.9. The molecule has 2 nitrogen and oxygen atoms in total. The van der Waals surface area contributed by atoms with Gasteiger partial charge in [0.15, 0.2) is 0 Å². The van der Waals surface area contributed by atoms with Crippen LogP contribution in [0.25, 0.3) is 10.8 Å². The normalized spacial score (nSPS) is 10.8. The van der Waals surface area contributed by atoms with Crippen LogP contribution < -0.4 is 4.74 Å². The summed E-state index contributed by atoms with van der Waals surface area (Å²) < 4.78 is 7.91. The second-order valence-electron chi connectivity index (χ2n) is 4.49. The zero-order valence-electron chi connectivity index (χ0n) is 10.7. The molecule has 0 bridgehead atoms. The summed E-state index contributed by atoms with van der Waals surface area (Å²) >= 11 is 7.07. The third kappa shape index (κ3) is 2.58. The number of ether oxygens (including phenoxy) is 1. The predicted molar refractivity (Wildman–Crippen MR) is 88.4 cm³/mol. The molecule has 0 radical (unpaired) electrons. The summed E-state index contributed by atoms with van der Waals surface area (Å²) in [5, 5.41) is 2.06. The summed E-state index contributed by atoms with van der Waals surface area (Å²) in [6.07, 6.45) is 1.75. The molecule has 0 aliphatic heterocycles. The number of nitrogens with zero attached hydrogens (tertiary/aromatic N) is 1. The fourth-order valence-electron chi connectivity index (χ4n) is 2.02. The molecule has 0 spiro atoms. The van der Waals surface area contributed by atoms with Gasteiger partial charge >= 0.3 is 0 Å². The molecule has 1 aromatic heterocycles. The SMILES string of the molecule is Cc1ccc(Oc2nccc3c(Br)cccc23)c(Br)c1. The number of hydrogen-bond donors (Lipinski definition) is 0. The van der Waals surface area contributed by atoms with Gasteiger partial charge in [0, 0.05) is 21.4 Å².